The predicted molar refractivity (Wildman–Crippen MR) is 106 cm³/mol. The molecule has 1 heterocycles. The van der Waals surface area contributed by atoms with E-state index in [9.17, 15) is 13.2 Å². The zero-order valence-corrected chi connectivity index (χ0v) is 16.6. The van der Waals surface area contributed by atoms with E-state index in [4.69, 9.17) is 5.26 Å². The SMILES string of the molecule is CC1CCN(S(=O)(=O)c2ccc(C(=O)NCc3cccc(C#N)c3)cc2)CC1. The molecule has 1 fully saturated rings. The molecule has 1 aliphatic heterocycles. The van der Waals surface area contributed by atoms with Gasteiger partial charge in [-0.3, -0.25) is 4.79 Å². The van der Waals surface area contributed by atoms with Crippen LogP contribution < -0.4 is 5.32 Å². The molecule has 6 nitrogen and oxygen atoms in total. The Kier molecular flexibility index (Phi) is 6.12. The average molecular weight is 398 g/mol. The van der Waals surface area contributed by atoms with E-state index in [0.29, 0.717) is 36.7 Å². The third kappa shape index (κ3) is 4.58. The number of benzene rings is 2. The van der Waals surface area contributed by atoms with Crippen molar-refractivity contribution in [3.05, 3.63) is 65.2 Å². The fourth-order valence-electron chi connectivity index (χ4n) is 3.19. The van der Waals surface area contributed by atoms with E-state index in [0.717, 1.165) is 18.4 Å². The minimum absolute atomic E-state index is 0.209. The van der Waals surface area contributed by atoms with Crippen molar-refractivity contribution >= 4 is 15.9 Å². The van der Waals surface area contributed by atoms with Crippen molar-refractivity contribution < 1.29 is 13.2 Å². The topological polar surface area (TPSA) is 90.3 Å². The second-order valence-electron chi connectivity index (χ2n) is 7.11. The summed E-state index contributed by atoms with van der Waals surface area (Å²) in [6, 6.07) is 15.1. The lowest BCUT2D eigenvalue weighted by Gasteiger charge is -2.29. The van der Waals surface area contributed by atoms with E-state index in [1.807, 2.05) is 6.07 Å². The quantitative estimate of drug-likeness (QED) is 0.840. The number of hydrogen-bond donors (Lipinski definition) is 1. The molecular weight excluding hydrogens is 374 g/mol. The molecule has 0 bridgehead atoms. The van der Waals surface area contributed by atoms with Crippen LogP contribution in [0, 0.1) is 17.2 Å². The van der Waals surface area contributed by atoms with Crippen LogP contribution >= 0.6 is 0 Å². The predicted octanol–water partition coefficient (Wildman–Crippen LogP) is 2.91. The van der Waals surface area contributed by atoms with E-state index in [1.165, 1.54) is 28.6 Å². The Labute approximate surface area is 165 Å². The van der Waals surface area contributed by atoms with Crippen molar-refractivity contribution in [1.29, 1.82) is 5.26 Å². The maximum atomic E-state index is 12.7. The fraction of sp³-hybridized carbons (Fsp3) is 0.333. The van der Waals surface area contributed by atoms with Gasteiger partial charge in [0.05, 0.1) is 16.5 Å². The van der Waals surface area contributed by atoms with Crippen molar-refractivity contribution in [3.8, 4) is 6.07 Å². The number of carbonyl (C=O) groups is 1. The monoisotopic (exact) mass is 397 g/mol. The Morgan fingerprint density at radius 2 is 1.86 bits per heavy atom. The zero-order chi connectivity index (χ0) is 20.1. The minimum Gasteiger partial charge on any atom is -0.348 e. The second kappa shape index (κ2) is 8.55. The normalized spacial score (nSPS) is 15.7. The van der Waals surface area contributed by atoms with Gasteiger partial charge in [-0.1, -0.05) is 19.1 Å². The first kappa shape index (κ1) is 20.1. The maximum absolute atomic E-state index is 12.7. The molecule has 0 spiro atoms. The van der Waals surface area contributed by atoms with Gasteiger partial charge in [0.2, 0.25) is 10.0 Å². The molecule has 0 radical (unpaired) electrons. The minimum atomic E-state index is -3.52. The van der Waals surface area contributed by atoms with Crippen LogP contribution in [0.2, 0.25) is 0 Å². The highest BCUT2D eigenvalue weighted by atomic mass is 32.2. The van der Waals surface area contributed by atoms with E-state index in [2.05, 4.69) is 18.3 Å². The summed E-state index contributed by atoms with van der Waals surface area (Å²) in [4.78, 5) is 12.5. The van der Waals surface area contributed by atoms with Crippen LogP contribution in [-0.4, -0.2) is 31.7 Å². The maximum Gasteiger partial charge on any atom is 0.251 e. The van der Waals surface area contributed by atoms with Crippen LogP contribution in [0.15, 0.2) is 53.4 Å². The summed E-state index contributed by atoms with van der Waals surface area (Å²) in [5.74, 6) is 0.254. The van der Waals surface area contributed by atoms with Gasteiger partial charge in [-0.2, -0.15) is 9.57 Å². The second-order valence-corrected chi connectivity index (χ2v) is 9.04. The molecule has 3 rings (SSSR count). The smallest absolute Gasteiger partial charge is 0.251 e. The lowest BCUT2D eigenvalue weighted by atomic mass is 10.0. The first-order valence-electron chi connectivity index (χ1n) is 9.27. The van der Waals surface area contributed by atoms with Crippen molar-refractivity contribution in [2.24, 2.45) is 5.92 Å². The Balaban J connectivity index is 1.64. The van der Waals surface area contributed by atoms with Crippen LogP contribution in [0.1, 0.15) is 41.3 Å². The summed E-state index contributed by atoms with van der Waals surface area (Å²) < 4.78 is 27.0. The van der Waals surface area contributed by atoms with Crippen molar-refractivity contribution in [2.45, 2.75) is 31.2 Å². The van der Waals surface area contributed by atoms with Crippen molar-refractivity contribution in [1.82, 2.24) is 9.62 Å². The summed E-state index contributed by atoms with van der Waals surface area (Å²) in [7, 11) is -3.52. The molecule has 2 aromatic carbocycles. The summed E-state index contributed by atoms with van der Waals surface area (Å²) in [6.07, 6.45) is 1.74. The van der Waals surface area contributed by atoms with Crippen molar-refractivity contribution in [2.75, 3.05) is 13.1 Å². The van der Waals surface area contributed by atoms with E-state index in [1.54, 1.807) is 18.2 Å². The van der Waals surface area contributed by atoms with Gasteiger partial charge in [0, 0.05) is 25.2 Å². The van der Waals surface area contributed by atoms with Gasteiger partial charge in [0.15, 0.2) is 0 Å². The van der Waals surface area contributed by atoms with Crippen LogP contribution in [0.25, 0.3) is 0 Å². The molecule has 1 saturated heterocycles. The fourth-order valence-corrected chi connectivity index (χ4v) is 4.66. The molecule has 0 aliphatic carbocycles. The molecule has 0 aromatic heterocycles. The van der Waals surface area contributed by atoms with Crippen LogP contribution in [-0.2, 0) is 16.6 Å². The van der Waals surface area contributed by atoms with E-state index >= 15 is 0 Å². The highest BCUT2D eigenvalue weighted by molar-refractivity contribution is 7.89. The average Bonchev–Trinajstić information content (AvgIpc) is 2.72. The van der Waals surface area contributed by atoms with E-state index < -0.39 is 10.0 Å². The van der Waals surface area contributed by atoms with Crippen LogP contribution in [0.4, 0.5) is 0 Å². The molecule has 2 aromatic rings. The summed E-state index contributed by atoms with van der Waals surface area (Å²) >= 11 is 0. The van der Waals surface area contributed by atoms with Crippen molar-refractivity contribution in [3.63, 3.8) is 0 Å². The third-order valence-corrected chi connectivity index (χ3v) is 6.92. The highest BCUT2D eigenvalue weighted by Gasteiger charge is 2.28. The Hall–Kier alpha value is -2.69. The third-order valence-electron chi connectivity index (χ3n) is 5.01. The molecule has 0 unspecified atom stereocenters. The summed E-state index contributed by atoms with van der Waals surface area (Å²) in [5.41, 5.74) is 1.75. The van der Waals surface area contributed by atoms with Gasteiger partial charge < -0.3 is 5.32 Å². The van der Waals surface area contributed by atoms with Gasteiger partial charge in [0.1, 0.15) is 0 Å². The van der Waals surface area contributed by atoms with Gasteiger partial charge in [0.25, 0.3) is 5.91 Å². The van der Waals surface area contributed by atoms with Crippen LogP contribution in [0.5, 0.6) is 0 Å². The lowest BCUT2D eigenvalue weighted by molar-refractivity contribution is 0.0951. The molecular formula is C21H23N3O3S. The molecule has 1 amide bonds. The number of sulfonamides is 1. The largest absolute Gasteiger partial charge is 0.348 e. The number of amides is 1. The number of nitriles is 1. The molecule has 7 heteroatoms. The number of rotatable bonds is 5. The first-order chi connectivity index (χ1) is 13.4. The Morgan fingerprint density at radius 3 is 2.50 bits per heavy atom. The molecule has 28 heavy (non-hydrogen) atoms. The molecule has 146 valence electrons. The van der Waals surface area contributed by atoms with Gasteiger partial charge >= 0.3 is 0 Å². The Bertz CT molecular complexity index is 986. The van der Waals surface area contributed by atoms with Gasteiger partial charge in [-0.25, -0.2) is 8.42 Å². The zero-order valence-electron chi connectivity index (χ0n) is 15.8. The van der Waals surface area contributed by atoms with Gasteiger partial charge in [-0.05, 0) is 60.7 Å². The molecule has 0 saturated carbocycles. The molecule has 1 N–H and O–H groups in total. The van der Waals surface area contributed by atoms with Gasteiger partial charge in [-0.15, -0.1) is 0 Å². The first-order valence-corrected chi connectivity index (χ1v) is 10.7. The highest BCUT2D eigenvalue weighted by Crippen LogP contribution is 2.23. The van der Waals surface area contributed by atoms with E-state index in [-0.39, 0.29) is 10.8 Å². The number of nitrogens with zero attached hydrogens (tertiary/aromatic N) is 2. The molecule has 1 aliphatic rings. The summed E-state index contributed by atoms with van der Waals surface area (Å²) in [5, 5.41) is 11.7. The summed E-state index contributed by atoms with van der Waals surface area (Å²) in [6.45, 7) is 3.50. The Morgan fingerprint density at radius 1 is 1.18 bits per heavy atom. The molecule has 0 atom stereocenters. The number of piperidine rings is 1. The number of carbonyl (C=O) groups excluding carboxylic acids is 1. The number of hydrogen-bond acceptors (Lipinski definition) is 4. The standard InChI is InChI=1S/C21H23N3O3S/c1-16-9-11-24(12-10-16)28(26,27)20-7-5-19(6-8-20)21(25)23-15-18-4-2-3-17(13-18)14-22/h2-8,13,16H,9-12,15H2,1H3,(H,23,25). The van der Waals surface area contributed by atoms with Crippen LogP contribution in [0.3, 0.4) is 0 Å². The number of nitrogens with one attached hydrogen (secondary N) is 1. The lowest BCUT2D eigenvalue weighted by Crippen LogP contribution is -2.37.